The van der Waals surface area contributed by atoms with Gasteiger partial charge in [-0.15, -0.1) is 0 Å². The van der Waals surface area contributed by atoms with Crippen molar-refractivity contribution in [1.29, 1.82) is 0 Å². The highest BCUT2D eigenvalue weighted by molar-refractivity contribution is 5.76. The number of carbonyl (C=O) groups is 1. The van der Waals surface area contributed by atoms with Crippen LogP contribution in [-0.4, -0.2) is 193 Å². The van der Waals surface area contributed by atoms with Crippen LogP contribution in [0.2, 0.25) is 0 Å². The average Bonchev–Trinajstić information content (AvgIpc) is 0.755. The second-order valence-corrected chi connectivity index (χ2v) is 27.4. The molecule has 3 fully saturated rings. The third kappa shape index (κ3) is 40.5. The number of amides is 1. The monoisotopic (exact) mass is 1400 g/mol. The first kappa shape index (κ1) is 89.9. The largest absolute Gasteiger partial charge is 0.394 e. The SMILES string of the molecule is CC/C=C\C/C=C\C/C=C\C/C=C\C/C=C\C/C=C\CCCCCCCCC(=O)NC(COC1OC(CO)C(OC2OC(CO)C(OC3OC(CO)C(O)C(O)C3O)C(O)C2O)C(O)C1O)C(O)/C=C/CC/C=C/CCCCCCCCCCCCCCCCCCCCCCCCC. The first-order chi connectivity index (χ1) is 48.3. The Hall–Kier alpha value is -3.29. The zero-order chi connectivity index (χ0) is 71.8. The van der Waals surface area contributed by atoms with Crippen LogP contribution in [0.1, 0.15) is 271 Å². The van der Waals surface area contributed by atoms with E-state index in [9.17, 15) is 61.0 Å². The first-order valence-corrected chi connectivity index (χ1v) is 39.0. The van der Waals surface area contributed by atoms with E-state index >= 15 is 0 Å². The highest BCUT2D eigenvalue weighted by Crippen LogP contribution is 2.33. The summed E-state index contributed by atoms with van der Waals surface area (Å²) in [5, 5.41) is 121. The minimum atomic E-state index is -1.99. The molecule has 0 spiro atoms. The van der Waals surface area contributed by atoms with Gasteiger partial charge in [-0.1, -0.05) is 278 Å². The van der Waals surface area contributed by atoms with E-state index in [1.54, 1.807) is 6.08 Å². The number of aliphatic hydroxyl groups is 11. The van der Waals surface area contributed by atoms with E-state index in [1.807, 2.05) is 6.08 Å². The molecule has 3 rings (SSSR count). The second kappa shape index (κ2) is 60.0. The van der Waals surface area contributed by atoms with E-state index in [4.69, 9.17) is 28.4 Å². The van der Waals surface area contributed by atoms with Crippen LogP contribution in [0.15, 0.2) is 97.2 Å². The normalized spacial score (nSPS) is 27.1. The molecule has 0 aromatic heterocycles. The van der Waals surface area contributed by atoms with Gasteiger partial charge in [0.05, 0.1) is 38.6 Å². The molecule has 0 aromatic carbocycles. The lowest BCUT2D eigenvalue weighted by Gasteiger charge is -2.48. The molecule has 0 radical (unpaired) electrons. The zero-order valence-electron chi connectivity index (χ0n) is 60.9. The van der Waals surface area contributed by atoms with Gasteiger partial charge in [0.2, 0.25) is 5.91 Å². The lowest BCUT2D eigenvalue weighted by molar-refractivity contribution is -0.379. The van der Waals surface area contributed by atoms with Gasteiger partial charge in [-0.3, -0.25) is 4.79 Å². The number of hydrogen-bond acceptors (Lipinski definition) is 18. The van der Waals surface area contributed by atoms with Crippen molar-refractivity contribution in [2.24, 2.45) is 0 Å². The van der Waals surface area contributed by atoms with Gasteiger partial charge in [-0.25, -0.2) is 0 Å². The highest BCUT2D eigenvalue weighted by Gasteiger charge is 2.53. The summed E-state index contributed by atoms with van der Waals surface area (Å²) in [4.78, 5) is 13.5. The van der Waals surface area contributed by atoms with Crippen LogP contribution in [0.3, 0.4) is 0 Å². The molecule has 17 atom stereocenters. The van der Waals surface area contributed by atoms with Crippen molar-refractivity contribution >= 4 is 5.91 Å². The summed E-state index contributed by atoms with van der Waals surface area (Å²) in [6, 6.07) is -1.01. The summed E-state index contributed by atoms with van der Waals surface area (Å²) in [5.74, 6) is -0.302. The van der Waals surface area contributed by atoms with E-state index in [0.717, 1.165) is 96.3 Å². The molecule has 3 aliphatic rings. The predicted molar refractivity (Wildman–Crippen MR) is 392 cm³/mol. The molecule has 99 heavy (non-hydrogen) atoms. The molecule has 3 aliphatic heterocycles. The first-order valence-electron chi connectivity index (χ1n) is 39.0. The van der Waals surface area contributed by atoms with Crippen LogP contribution in [0, 0.1) is 0 Å². The smallest absolute Gasteiger partial charge is 0.220 e. The van der Waals surface area contributed by atoms with Crippen LogP contribution >= 0.6 is 0 Å². The van der Waals surface area contributed by atoms with Crippen molar-refractivity contribution in [2.75, 3.05) is 26.4 Å². The van der Waals surface area contributed by atoms with Gasteiger partial charge in [-0.05, 0) is 83.5 Å². The van der Waals surface area contributed by atoms with E-state index in [2.05, 4.69) is 104 Å². The Bertz CT molecular complexity index is 2170. The molecule has 0 saturated carbocycles. The van der Waals surface area contributed by atoms with Crippen LogP contribution in [0.25, 0.3) is 0 Å². The number of allylic oxidation sites excluding steroid dienone is 15. The van der Waals surface area contributed by atoms with Crippen LogP contribution in [-0.2, 0) is 33.2 Å². The summed E-state index contributed by atoms with van der Waals surface area (Å²) in [6.07, 6.45) is 53.9. The zero-order valence-corrected chi connectivity index (χ0v) is 60.9. The van der Waals surface area contributed by atoms with Crippen molar-refractivity contribution in [3.05, 3.63) is 97.2 Å². The molecule has 12 N–H and O–H groups in total. The van der Waals surface area contributed by atoms with Gasteiger partial charge in [0.1, 0.15) is 73.2 Å². The van der Waals surface area contributed by atoms with Crippen LogP contribution in [0.4, 0.5) is 0 Å². The van der Waals surface area contributed by atoms with Crippen molar-refractivity contribution in [2.45, 2.75) is 375 Å². The predicted octanol–water partition coefficient (Wildman–Crippen LogP) is 12.4. The van der Waals surface area contributed by atoms with Gasteiger partial charge in [0.15, 0.2) is 18.9 Å². The Morgan fingerprint density at radius 1 is 0.374 bits per heavy atom. The van der Waals surface area contributed by atoms with E-state index in [1.165, 1.54) is 141 Å². The standard InChI is InChI=1S/C80H139NO18/c1-3-5-7-9-11-13-15-17-19-21-23-25-27-29-30-31-32-34-35-37-39-41-43-45-47-49-51-53-55-57-64(85)63(81-68(86)58-56-54-52-50-48-46-44-42-40-38-36-33-28-26-24-22-20-18-16-14-12-10-8-6-4-2)62-94-78-74(92)71(89)76(66(60-83)96-78)99-80-75(93)72(90)77(67(61-84)97-80)98-79-73(91)70(88)69(87)65(59-82)95-79/h6,8,12,14,18,20,24,26,33,36,40,42,47,49,55,57,63-67,69-80,82-85,87-93H,3-5,7,9-11,13,15-17,19,21-23,25,27-32,34-35,37-39,41,43-46,48,50-54,56,58-62H2,1-2H3,(H,81,86)/b8-6-,14-12-,20-18-,26-24-,36-33-,42-40-,49-47+,57-55+. The second-order valence-electron chi connectivity index (χ2n) is 27.4. The molecule has 19 nitrogen and oxygen atoms in total. The number of aliphatic hydroxyl groups excluding tert-OH is 11. The molecule has 3 saturated heterocycles. The quantitative estimate of drug-likeness (QED) is 0.0199. The van der Waals surface area contributed by atoms with E-state index in [-0.39, 0.29) is 18.9 Å². The summed E-state index contributed by atoms with van der Waals surface area (Å²) in [5.41, 5.74) is 0. The lowest BCUT2D eigenvalue weighted by atomic mass is 9.96. The minimum Gasteiger partial charge on any atom is -0.394 e. The van der Waals surface area contributed by atoms with E-state index < -0.39 is 124 Å². The summed E-state index contributed by atoms with van der Waals surface area (Å²) in [6.45, 7) is 1.61. The Morgan fingerprint density at radius 2 is 0.707 bits per heavy atom. The third-order valence-electron chi connectivity index (χ3n) is 18.9. The van der Waals surface area contributed by atoms with Gasteiger partial charge < -0.3 is 89.9 Å². The molecule has 17 unspecified atom stereocenters. The number of carbonyl (C=O) groups excluding carboxylic acids is 1. The fraction of sp³-hybridized carbons (Fsp3) is 0.787. The number of ether oxygens (including phenoxy) is 6. The fourth-order valence-corrected chi connectivity index (χ4v) is 12.6. The van der Waals surface area contributed by atoms with Crippen LogP contribution in [0.5, 0.6) is 0 Å². The van der Waals surface area contributed by atoms with Crippen molar-refractivity contribution in [3.63, 3.8) is 0 Å². The molecule has 0 bridgehead atoms. The minimum absolute atomic E-state index is 0.213. The highest BCUT2D eigenvalue weighted by atomic mass is 16.8. The topological polar surface area (TPSA) is 307 Å². The fourth-order valence-electron chi connectivity index (χ4n) is 12.6. The van der Waals surface area contributed by atoms with Gasteiger partial charge in [0, 0.05) is 6.42 Å². The van der Waals surface area contributed by atoms with E-state index in [0.29, 0.717) is 12.8 Å². The Kier molecular flexibility index (Phi) is 54.5. The average molecular weight is 1400 g/mol. The number of hydrogen-bond donors (Lipinski definition) is 12. The molecule has 0 aromatic rings. The lowest BCUT2D eigenvalue weighted by Crippen LogP contribution is -2.66. The maximum absolute atomic E-state index is 13.5. The third-order valence-corrected chi connectivity index (χ3v) is 18.9. The van der Waals surface area contributed by atoms with Crippen molar-refractivity contribution in [3.8, 4) is 0 Å². The molecule has 572 valence electrons. The summed E-state index contributed by atoms with van der Waals surface area (Å²) >= 11 is 0. The maximum Gasteiger partial charge on any atom is 0.220 e. The molecule has 3 heterocycles. The van der Waals surface area contributed by atoms with Gasteiger partial charge in [-0.2, -0.15) is 0 Å². The summed E-state index contributed by atoms with van der Waals surface area (Å²) in [7, 11) is 0. The molecule has 0 aliphatic carbocycles. The maximum atomic E-state index is 13.5. The Labute approximate surface area is 596 Å². The van der Waals surface area contributed by atoms with Crippen molar-refractivity contribution in [1.82, 2.24) is 5.32 Å². The molecular weight excluding hydrogens is 1260 g/mol. The molecular formula is C80H139NO18. The number of unbranched alkanes of at least 4 members (excludes halogenated alkanes) is 30. The van der Waals surface area contributed by atoms with Gasteiger partial charge in [0.25, 0.3) is 0 Å². The van der Waals surface area contributed by atoms with Gasteiger partial charge >= 0.3 is 0 Å². The number of rotatable bonds is 60. The van der Waals surface area contributed by atoms with Crippen LogP contribution < -0.4 is 5.32 Å². The Balaban J connectivity index is 1.42. The molecule has 1 amide bonds. The number of nitrogens with one attached hydrogen (secondary N) is 1. The van der Waals surface area contributed by atoms with Crippen molar-refractivity contribution < 1.29 is 89.4 Å². The summed E-state index contributed by atoms with van der Waals surface area (Å²) < 4.78 is 34.4. The Morgan fingerprint density at radius 3 is 1.13 bits per heavy atom. The molecule has 19 heteroatoms.